The molecular weight excluding hydrogens is 529 g/mol. The van der Waals surface area contributed by atoms with Crippen LogP contribution in [0.25, 0.3) is 22.3 Å². The molecule has 6 rings (SSSR count). The molecule has 0 bridgehead atoms. The molecule has 0 aromatic heterocycles. The summed E-state index contributed by atoms with van der Waals surface area (Å²) in [4.78, 5) is 7.51. The van der Waals surface area contributed by atoms with E-state index in [1.807, 2.05) is 11.8 Å². The van der Waals surface area contributed by atoms with Crippen molar-refractivity contribution in [2.45, 2.75) is 29.4 Å². The minimum atomic E-state index is 1.23. The Bertz CT molecular complexity index is 1520. The standard InChI is InChI=1S/C36H26S3/c1-3-11-29(12-4-1)37-31-23-19-27(20-24-31)33-15-7-9-17-35(33)39-36-18-10-8-16-34(36)28-21-25-32(26-22-28)38-30-13-5-2-6-14-30/h1-26H. The third kappa shape index (κ3) is 6.51. The third-order valence-corrected chi connectivity index (χ3v) is 9.47. The van der Waals surface area contributed by atoms with Gasteiger partial charge in [-0.3, -0.25) is 0 Å². The summed E-state index contributed by atoms with van der Waals surface area (Å²) in [6.07, 6.45) is 0. The van der Waals surface area contributed by atoms with E-state index in [0.717, 1.165) is 0 Å². The summed E-state index contributed by atoms with van der Waals surface area (Å²) in [5.74, 6) is 0. The van der Waals surface area contributed by atoms with Crippen molar-refractivity contribution >= 4 is 35.3 Å². The minimum Gasteiger partial charge on any atom is -0.0901 e. The highest BCUT2D eigenvalue weighted by atomic mass is 32.2. The van der Waals surface area contributed by atoms with Gasteiger partial charge in [-0.05, 0) is 82.9 Å². The fourth-order valence-corrected chi connectivity index (χ4v) is 7.16. The molecule has 0 atom stereocenters. The van der Waals surface area contributed by atoms with Crippen molar-refractivity contribution in [3.63, 3.8) is 0 Å². The highest BCUT2D eigenvalue weighted by Crippen LogP contribution is 2.41. The van der Waals surface area contributed by atoms with Gasteiger partial charge >= 0.3 is 0 Å². The summed E-state index contributed by atoms with van der Waals surface area (Å²) in [5, 5.41) is 0. The van der Waals surface area contributed by atoms with Gasteiger partial charge in [0.15, 0.2) is 0 Å². The van der Waals surface area contributed by atoms with Crippen LogP contribution in [0.3, 0.4) is 0 Å². The molecule has 0 amide bonds. The van der Waals surface area contributed by atoms with Gasteiger partial charge in [0.1, 0.15) is 0 Å². The molecule has 0 aliphatic heterocycles. The van der Waals surface area contributed by atoms with Gasteiger partial charge in [-0.15, -0.1) is 0 Å². The predicted molar refractivity (Wildman–Crippen MR) is 169 cm³/mol. The molecule has 0 aliphatic rings. The smallest absolute Gasteiger partial charge is 0.0201 e. The van der Waals surface area contributed by atoms with Gasteiger partial charge in [0.05, 0.1) is 0 Å². The fourth-order valence-electron chi connectivity index (χ4n) is 4.36. The van der Waals surface area contributed by atoms with Crippen molar-refractivity contribution in [2.75, 3.05) is 0 Å². The van der Waals surface area contributed by atoms with Gasteiger partial charge in [0.25, 0.3) is 0 Å². The van der Waals surface area contributed by atoms with Crippen LogP contribution in [0.2, 0.25) is 0 Å². The number of hydrogen-bond donors (Lipinski definition) is 0. The van der Waals surface area contributed by atoms with Crippen molar-refractivity contribution in [1.29, 1.82) is 0 Å². The highest BCUT2D eigenvalue weighted by Gasteiger charge is 2.11. The maximum Gasteiger partial charge on any atom is 0.0201 e. The molecule has 0 N–H and O–H groups in total. The second kappa shape index (κ2) is 12.5. The monoisotopic (exact) mass is 554 g/mol. The Hall–Kier alpha value is -3.63. The first-order valence-corrected chi connectivity index (χ1v) is 15.3. The lowest BCUT2D eigenvalue weighted by Crippen LogP contribution is -1.86. The first-order valence-electron chi connectivity index (χ1n) is 12.8. The molecule has 0 saturated heterocycles. The molecule has 0 fully saturated rings. The van der Waals surface area contributed by atoms with Gasteiger partial charge in [-0.1, -0.05) is 132 Å². The Morgan fingerprint density at radius 2 is 0.590 bits per heavy atom. The van der Waals surface area contributed by atoms with E-state index in [0.29, 0.717) is 0 Å². The molecule has 0 spiro atoms. The zero-order chi connectivity index (χ0) is 26.3. The SMILES string of the molecule is c1ccc(Sc2ccc(-c3ccccc3Sc3ccccc3-c3ccc(Sc4ccccc4)cc3)cc2)cc1. The Morgan fingerprint density at radius 1 is 0.256 bits per heavy atom. The van der Waals surface area contributed by atoms with Crippen molar-refractivity contribution in [3.05, 3.63) is 158 Å². The maximum absolute atomic E-state index is 2.24. The molecular formula is C36H26S3. The van der Waals surface area contributed by atoms with Gasteiger partial charge < -0.3 is 0 Å². The van der Waals surface area contributed by atoms with E-state index in [1.54, 1.807) is 23.5 Å². The van der Waals surface area contributed by atoms with Crippen LogP contribution < -0.4 is 0 Å². The molecule has 0 heterocycles. The molecule has 3 heteroatoms. The maximum atomic E-state index is 2.24. The molecule has 0 aliphatic carbocycles. The van der Waals surface area contributed by atoms with Crippen molar-refractivity contribution in [2.24, 2.45) is 0 Å². The van der Waals surface area contributed by atoms with Crippen LogP contribution in [0.15, 0.2) is 187 Å². The first-order chi connectivity index (χ1) is 19.3. The molecule has 0 radical (unpaired) electrons. The molecule has 6 aromatic carbocycles. The van der Waals surface area contributed by atoms with Crippen molar-refractivity contribution in [3.8, 4) is 22.3 Å². The van der Waals surface area contributed by atoms with Crippen LogP contribution in [0.5, 0.6) is 0 Å². The van der Waals surface area contributed by atoms with E-state index in [4.69, 9.17) is 0 Å². The van der Waals surface area contributed by atoms with Crippen LogP contribution in [0.4, 0.5) is 0 Å². The van der Waals surface area contributed by atoms with E-state index in [9.17, 15) is 0 Å². The lowest BCUT2D eigenvalue weighted by molar-refractivity contribution is 1.37. The van der Waals surface area contributed by atoms with E-state index < -0.39 is 0 Å². The average Bonchev–Trinajstić information content (AvgIpc) is 3.00. The quantitative estimate of drug-likeness (QED) is 0.184. The summed E-state index contributed by atoms with van der Waals surface area (Å²) in [5.41, 5.74) is 4.97. The fraction of sp³-hybridized carbons (Fsp3) is 0. The number of hydrogen-bond acceptors (Lipinski definition) is 3. The van der Waals surface area contributed by atoms with Crippen LogP contribution >= 0.6 is 35.3 Å². The van der Waals surface area contributed by atoms with Crippen LogP contribution in [-0.2, 0) is 0 Å². The Morgan fingerprint density at radius 3 is 1.00 bits per heavy atom. The molecule has 39 heavy (non-hydrogen) atoms. The molecule has 0 saturated carbocycles. The Balaban J connectivity index is 1.23. The first kappa shape index (κ1) is 25.6. The number of benzene rings is 6. The van der Waals surface area contributed by atoms with Crippen molar-refractivity contribution in [1.82, 2.24) is 0 Å². The normalized spacial score (nSPS) is 10.9. The zero-order valence-electron chi connectivity index (χ0n) is 21.2. The lowest BCUT2D eigenvalue weighted by atomic mass is 10.1. The van der Waals surface area contributed by atoms with Gasteiger partial charge in [-0.25, -0.2) is 0 Å². The summed E-state index contributed by atoms with van der Waals surface area (Å²) >= 11 is 5.42. The minimum absolute atomic E-state index is 1.23. The Kier molecular flexibility index (Phi) is 8.21. The summed E-state index contributed by atoms with van der Waals surface area (Å²) < 4.78 is 0. The number of rotatable bonds is 8. The summed E-state index contributed by atoms with van der Waals surface area (Å²) in [6, 6.07) is 56.3. The second-order valence-corrected chi connectivity index (χ2v) is 12.4. The summed E-state index contributed by atoms with van der Waals surface area (Å²) in [6.45, 7) is 0. The molecule has 188 valence electrons. The molecule has 0 nitrogen and oxygen atoms in total. The third-order valence-electron chi connectivity index (χ3n) is 6.28. The lowest BCUT2D eigenvalue weighted by Gasteiger charge is -2.14. The topological polar surface area (TPSA) is 0 Å². The van der Waals surface area contributed by atoms with Gasteiger partial charge in [0, 0.05) is 29.4 Å². The zero-order valence-corrected chi connectivity index (χ0v) is 23.7. The van der Waals surface area contributed by atoms with E-state index in [-0.39, 0.29) is 0 Å². The van der Waals surface area contributed by atoms with Crippen LogP contribution in [0.1, 0.15) is 0 Å². The largest absolute Gasteiger partial charge is 0.0901 e. The van der Waals surface area contributed by atoms with Crippen LogP contribution in [0, 0.1) is 0 Å². The Labute approximate surface area is 243 Å². The van der Waals surface area contributed by atoms with E-state index >= 15 is 0 Å². The van der Waals surface area contributed by atoms with E-state index in [2.05, 4.69) is 158 Å². The molecule has 0 unspecified atom stereocenters. The van der Waals surface area contributed by atoms with E-state index in [1.165, 1.54) is 51.6 Å². The average molecular weight is 555 g/mol. The van der Waals surface area contributed by atoms with Crippen LogP contribution in [-0.4, -0.2) is 0 Å². The van der Waals surface area contributed by atoms with Gasteiger partial charge in [-0.2, -0.15) is 0 Å². The predicted octanol–water partition coefficient (Wildman–Crippen LogP) is 11.5. The van der Waals surface area contributed by atoms with Crippen molar-refractivity contribution < 1.29 is 0 Å². The molecule has 6 aromatic rings. The highest BCUT2D eigenvalue weighted by molar-refractivity contribution is 8.00. The summed E-state index contributed by atoms with van der Waals surface area (Å²) in [7, 11) is 0. The second-order valence-electron chi connectivity index (χ2n) is 8.97. The van der Waals surface area contributed by atoms with Gasteiger partial charge in [0.2, 0.25) is 0 Å².